The molecule has 2 N–H and O–H groups in total. The number of thiophene rings is 1. The van der Waals surface area contributed by atoms with Crippen molar-refractivity contribution < 1.29 is 19.1 Å². The number of nitrogens with one attached hydrogen (secondary N) is 2. The van der Waals surface area contributed by atoms with Gasteiger partial charge in [-0.3, -0.25) is 9.59 Å². The molecule has 1 aromatic heterocycles. The molecule has 1 heterocycles. The predicted octanol–water partition coefficient (Wildman–Crippen LogP) is 4.96. The SMILES string of the molecule is COC(=O)c1c(NC(=O)c2ccc(C)cc2)sc(C(=O)Nc2ccc(C)cc2)c1C. The van der Waals surface area contributed by atoms with E-state index in [1.54, 1.807) is 31.2 Å². The van der Waals surface area contributed by atoms with Crippen molar-refractivity contribution in [2.24, 2.45) is 0 Å². The maximum absolute atomic E-state index is 12.8. The summed E-state index contributed by atoms with van der Waals surface area (Å²) in [5, 5.41) is 5.85. The number of esters is 1. The van der Waals surface area contributed by atoms with Crippen LogP contribution in [0.25, 0.3) is 0 Å². The van der Waals surface area contributed by atoms with Gasteiger partial charge in [0.05, 0.1) is 17.6 Å². The molecule has 3 rings (SSSR count). The molecule has 0 atom stereocenters. The lowest BCUT2D eigenvalue weighted by atomic mass is 10.1. The van der Waals surface area contributed by atoms with Crippen LogP contribution in [0.2, 0.25) is 0 Å². The lowest BCUT2D eigenvalue weighted by Gasteiger charge is -2.06. The van der Waals surface area contributed by atoms with Gasteiger partial charge in [0.1, 0.15) is 5.00 Å². The van der Waals surface area contributed by atoms with Crippen molar-refractivity contribution in [1.82, 2.24) is 0 Å². The van der Waals surface area contributed by atoms with Crippen molar-refractivity contribution in [2.45, 2.75) is 20.8 Å². The maximum Gasteiger partial charge on any atom is 0.341 e. The summed E-state index contributed by atoms with van der Waals surface area (Å²) in [6.45, 7) is 5.55. The molecule has 2 aromatic carbocycles. The van der Waals surface area contributed by atoms with Gasteiger partial charge in [-0.25, -0.2) is 4.79 Å². The average molecular weight is 423 g/mol. The number of aryl methyl sites for hydroxylation is 2. The zero-order valence-electron chi connectivity index (χ0n) is 17.2. The second-order valence-electron chi connectivity index (χ2n) is 6.89. The zero-order chi connectivity index (χ0) is 21.8. The smallest absolute Gasteiger partial charge is 0.341 e. The Kier molecular flexibility index (Phi) is 6.32. The van der Waals surface area contributed by atoms with Gasteiger partial charge < -0.3 is 15.4 Å². The summed E-state index contributed by atoms with van der Waals surface area (Å²) in [5.74, 6) is -1.34. The Morgan fingerprint density at radius 3 is 1.93 bits per heavy atom. The van der Waals surface area contributed by atoms with Crippen LogP contribution in [0.3, 0.4) is 0 Å². The Bertz CT molecular complexity index is 1100. The Balaban J connectivity index is 1.91. The molecule has 0 fully saturated rings. The average Bonchev–Trinajstić information content (AvgIpc) is 3.05. The summed E-state index contributed by atoms with van der Waals surface area (Å²) >= 11 is 1.04. The monoisotopic (exact) mass is 422 g/mol. The highest BCUT2D eigenvalue weighted by Crippen LogP contribution is 2.34. The summed E-state index contributed by atoms with van der Waals surface area (Å²) in [7, 11) is 1.26. The third-order valence-corrected chi connectivity index (χ3v) is 5.80. The molecule has 0 radical (unpaired) electrons. The third kappa shape index (κ3) is 4.58. The van der Waals surface area contributed by atoms with Gasteiger partial charge in [0, 0.05) is 11.3 Å². The molecule has 2 amide bonds. The van der Waals surface area contributed by atoms with Crippen LogP contribution in [-0.2, 0) is 4.74 Å². The highest BCUT2D eigenvalue weighted by atomic mass is 32.1. The van der Waals surface area contributed by atoms with Crippen LogP contribution in [0, 0.1) is 20.8 Å². The molecule has 0 aliphatic heterocycles. The number of carbonyl (C=O) groups excluding carboxylic acids is 3. The van der Waals surface area contributed by atoms with Crippen LogP contribution in [0.1, 0.15) is 47.1 Å². The fourth-order valence-corrected chi connectivity index (χ4v) is 3.96. The van der Waals surface area contributed by atoms with Crippen LogP contribution in [0.5, 0.6) is 0 Å². The molecule has 30 heavy (non-hydrogen) atoms. The minimum Gasteiger partial charge on any atom is -0.465 e. The van der Waals surface area contributed by atoms with Crippen molar-refractivity contribution >= 4 is 39.8 Å². The van der Waals surface area contributed by atoms with E-state index in [1.165, 1.54) is 7.11 Å². The topological polar surface area (TPSA) is 84.5 Å². The minimum atomic E-state index is -0.614. The number of rotatable bonds is 5. The molecule has 154 valence electrons. The van der Waals surface area contributed by atoms with E-state index in [2.05, 4.69) is 10.6 Å². The fraction of sp³-hybridized carbons (Fsp3) is 0.174. The Morgan fingerprint density at radius 1 is 0.800 bits per heavy atom. The second kappa shape index (κ2) is 8.92. The third-order valence-electron chi connectivity index (χ3n) is 4.59. The fourth-order valence-electron chi connectivity index (χ4n) is 2.87. The van der Waals surface area contributed by atoms with Crippen LogP contribution < -0.4 is 10.6 Å². The van der Waals surface area contributed by atoms with Crippen molar-refractivity contribution in [3.8, 4) is 0 Å². The Hall–Kier alpha value is -3.45. The number of carbonyl (C=O) groups is 3. The molecule has 3 aromatic rings. The van der Waals surface area contributed by atoms with Gasteiger partial charge in [0.15, 0.2) is 0 Å². The number of ether oxygens (including phenoxy) is 1. The highest BCUT2D eigenvalue weighted by molar-refractivity contribution is 7.19. The molecular weight excluding hydrogens is 400 g/mol. The first-order valence-electron chi connectivity index (χ1n) is 9.28. The molecule has 0 aliphatic carbocycles. The van der Waals surface area contributed by atoms with E-state index >= 15 is 0 Å². The molecule has 0 unspecified atom stereocenters. The van der Waals surface area contributed by atoms with E-state index < -0.39 is 5.97 Å². The molecule has 0 saturated heterocycles. The number of hydrogen-bond donors (Lipinski definition) is 2. The first-order chi connectivity index (χ1) is 14.3. The number of amides is 2. The van der Waals surface area contributed by atoms with Gasteiger partial charge in [-0.15, -0.1) is 11.3 Å². The summed E-state index contributed by atoms with van der Waals surface area (Å²) in [4.78, 5) is 38.1. The van der Waals surface area contributed by atoms with Crippen LogP contribution in [0.15, 0.2) is 48.5 Å². The van der Waals surface area contributed by atoms with Crippen molar-refractivity contribution in [2.75, 3.05) is 17.7 Å². The standard InChI is InChI=1S/C23H22N2O4S/c1-13-5-9-16(10-6-13)20(26)25-22-18(23(28)29-4)15(3)19(30-22)21(27)24-17-11-7-14(2)8-12-17/h5-12H,1-4H3,(H,24,27)(H,25,26). The van der Waals surface area contributed by atoms with E-state index in [4.69, 9.17) is 4.74 Å². The summed E-state index contributed by atoms with van der Waals surface area (Å²) < 4.78 is 4.87. The first kappa shape index (κ1) is 21.3. The van der Waals surface area contributed by atoms with Gasteiger partial charge in [-0.1, -0.05) is 35.4 Å². The van der Waals surface area contributed by atoms with Crippen molar-refractivity contribution in [3.63, 3.8) is 0 Å². The zero-order valence-corrected chi connectivity index (χ0v) is 18.0. The van der Waals surface area contributed by atoms with Crippen LogP contribution in [0.4, 0.5) is 10.7 Å². The van der Waals surface area contributed by atoms with Gasteiger partial charge in [-0.2, -0.15) is 0 Å². The molecule has 0 bridgehead atoms. The summed E-state index contributed by atoms with van der Waals surface area (Å²) in [5.41, 5.74) is 3.84. The van der Waals surface area contributed by atoms with Crippen molar-refractivity contribution in [3.05, 3.63) is 81.2 Å². The lowest BCUT2D eigenvalue weighted by molar-refractivity contribution is 0.0601. The number of benzene rings is 2. The number of methoxy groups -OCH3 is 1. The van der Waals surface area contributed by atoms with Crippen LogP contribution >= 0.6 is 11.3 Å². The molecular formula is C23H22N2O4S. The van der Waals surface area contributed by atoms with E-state index in [0.29, 0.717) is 21.7 Å². The van der Waals surface area contributed by atoms with E-state index in [9.17, 15) is 14.4 Å². The molecule has 6 nitrogen and oxygen atoms in total. The van der Waals surface area contributed by atoms with Crippen LogP contribution in [-0.4, -0.2) is 24.9 Å². The predicted molar refractivity (Wildman–Crippen MR) is 119 cm³/mol. The summed E-state index contributed by atoms with van der Waals surface area (Å²) in [6, 6.07) is 14.5. The summed E-state index contributed by atoms with van der Waals surface area (Å²) in [6.07, 6.45) is 0. The molecule has 7 heteroatoms. The number of hydrogen-bond acceptors (Lipinski definition) is 5. The first-order valence-corrected chi connectivity index (χ1v) is 10.1. The van der Waals surface area contributed by atoms with Gasteiger partial charge in [0.25, 0.3) is 11.8 Å². The van der Waals surface area contributed by atoms with Gasteiger partial charge >= 0.3 is 5.97 Å². The molecule has 0 saturated carbocycles. The highest BCUT2D eigenvalue weighted by Gasteiger charge is 2.26. The number of anilines is 2. The van der Waals surface area contributed by atoms with E-state index in [1.807, 2.05) is 38.1 Å². The molecule has 0 aliphatic rings. The largest absolute Gasteiger partial charge is 0.465 e. The van der Waals surface area contributed by atoms with E-state index in [0.717, 1.165) is 22.5 Å². The normalized spacial score (nSPS) is 10.4. The van der Waals surface area contributed by atoms with Gasteiger partial charge in [-0.05, 0) is 50.6 Å². The minimum absolute atomic E-state index is 0.178. The Morgan fingerprint density at radius 2 is 1.37 bits per heavy atom. The molecule has 0 spiro atoms. The lowest BCUT2D eigenvalue weighted by Crippen LogP contribution is -2.14. The van der Waals surface area contributed by atoms with Crippen molar-refractivity contribution in [1.29, 1.82) is 0 Å². The second-order valence-corrected chi connectivity index (χ2v) is 7.91. The van der Waals surface area contributed by atoms with E-state index in [-0.39, 0.29) is 22.4 Å². The van der Waals surface area contributed by atoms with Gasteiger partial charge in [0.2, 0.25) is 0 Å². The maximum atomic E-state index is 12.8. The Labute approximate surface area is 178 Å². The quantitative estimate of drug-likeness (QED) is 0.569.